The molecule has 0 radical (unpaired) electrons. The average Bonchev–Trinajstić information content (AvgIpc) is 1.94. The monoisotopic (exact) mass is 192 g/mol. The van der Waals surface area contributed by atoms with Gasteiger partial charge in [-0.2, -0.15) is 4.39 Å². The third kappa shape index (κ3) is 1.82. The van der Waals surface area contributed by atoms with Crippen molar-refractivity contribution in [1.82, 2.24) is 4.98 Å². The van der Waals surface area contributed by atoms with Gasteiger partial charge < -0.3 is 10.8 Å². The molecule has 0 spiro atoms. The lowest BCUT2D eigenvalue weighted by Gasteiger charge is -1.98. The molecule has 0 atom stereocenters. The highest BCUT2D eigenvalue weighted by Crippen LogP contribution is 2.12. The molecule has 4 nitrogen and oxygen atoms in total. The third-order valence-corrected chi connectivity index (χ3v) is 1.17. The lowest BCUT2D eigenvalue weighted by atomic mass is 10.2. The van der Waals surface area contributed by atoms with E-state index in [1.165, 1.54) is 0 Å². The quantitative estimate of drug-likeness (QED) is 0.649. The van der Waals surface area contributed by atoms with E-state index >= 15 is 0 Å². The van der Waals surface area contributed by atoms with E-state index < -0.39 is 17.6 Å². The molecule has 0 aliphatic heterocycles. The molecule has 1 heterocycles. The van der Waals surface area contributed by atoms with E-state index in [4.69, 9.17) is 10.8 Å². The fraction of sp³-hybridized carbons (Fsp3) is 0. The van der Waals surface area contributed by atoms with Crippen molar-refractivity contribution in [3.8, 4) is 0 Å². The van der Waals surface area contributed by atoms with Gasteiger partial charge in [0.1, 0.15) is 5.69 Å². The van der Waals surface area contributed by atoms with Crippen LogP contribution in [-0.4, -0.2) is 16.1 Å². The topological polar surface area (TPSA) is 76.2 Å². The van der Waals surface area contributed by atoms with E-state index in [9.17, 15) is 9.18 Å². The highest BCUT2D eigenvalue weighted by Gasteiger charge is 2.10. The van der Waals surface area contributed by atoms with Crippen molar-refractivity contribution in [2.45, 2.75) is 0 Å². The van der Waals surface area contributed by atoms with Gasteiger partial charge in [-0.3, -0.25) is 0 Å². The number of nitrogens with zero attached hydrogens (tertiary/aromatic N) is 1. The lowest BCUT2D eigenvalue weighted by Crippen LogP contribution is -2.05. The van der Waals surface area contributed by atoms with Crippen molar-refractivity contribution < 1.29 is 14.3 Å². The van der Waals surface area contributed by atoms with Crippen LogP contribution in [0.25, 0.3) is 0 Å². The summed E-state index contributed by atoms with van der Waals surface area (Å²) in [5.74, 6) is -2.21. The van der Waals surface area contributed by atoms with Crippen molar-refractivity contribution in [3.05, 3.63) is 23.8 Å². The molecule has 1 aromatic heterocycles. The Morgan fingerprint density at radius 3 is 2.67 bits per heavy atom. The molecule has 0 amide bonds. The standard InChI is InChI=1S/C6H5FN2O2.ClH/c7-5-4(8)3(6(10)11)1-2-9-5;/h1-2H,8H2,(H,10,11);1H. The second-order valence-corrected chi connectivity index (χ2v) is 1.87. The maximum atomic E-state index is 12.4. The molecule has 0 aromatic carbocycles. The van der Waals surface area contributed by atoms with Crippen molar-refractivity contribution in [1.29, 1.82) is 0 Å². The summed E-state index contributed by atoms with van der Waals surface area (Å²) in [4.78, 5) is 13.5. The lowest BCUT2D eigenvalue weighted by molar-refractivity contribution is 0.0697. The number of pyridine rings is 1. The van der Waals surface area contributed by atoms with Gasteiger partial charge in [-0.25, -0.2) is 9.78 Å². The maximum Gasteiger partial charge on any atom is 0.338 e. The highest BCUT2D eigenvalue weighted by atomic mass is 35.5. The molecule has 0 fully saturated rings. The van der Waals surface area contributed by atoms with Crippen molar-refractivity contribution in [2.24, 2.45) is 0 Å². The number of aromatic carboxylic acids is 1. The number of rotatable bonds is 1. The Labute approximate surface area is 73.6 Å². The van der Waals surface area contributed by atoms with Crippen LogP contribution in [0.4, 0.5) is 10.1 Å². The van der Waals surface area contributed by atoms with Crippen LogP contribution in [0.5, 0.6) is 0 Å². The first-order valence-corrected chi connectivity index (χ1v) is 2.76. The summed E-state index contributed by atoms with van der Waals surface area (Å²) in [6, 6.07) is 1.14. The zero-order chi connectivity index (χ0) is 8.43. The average molecular weight is 193 g/mol. The Morgan fingerprint density at radius 1 is 1.67 bits per heavy atom. The third-order valence-electron chi connectivity index (χ3n) is 1.17. The summed E-state index contributed by atoms with van der Waals surface area (Å²) in [5.41, 5.74) is 4.37. The molecule has 6 heteroatoms. The Kier molecular flexibility index (Phi) is 3.43. The van der Waals surface area contributed by atoms with Gasteiger partial charge in [-0.15, -0.1) is 12.4 Å². The van der Waals surface area contributed by atoms with Gasteiger partial charge in [0.05, 0.1) is 5.56 Å². The molecular formula is C6H6ClFN2O2. The Hall–Kier alpha value is -1.36. The first kappa shape index (κ1) is 10.6. The summed E-state index contributed by atoms with van der Waals surface area (Å²) >= 11 is 0. The van der Waals surface area contributed by atoms with E-state index in [1.54, 1.807) is 0 Å². The van der Waals surface area contributed by atoms with Crippen LogP contribution in [0, 0.1) is 5.95 Å². The minimum atomic E-state index is -1.26. The molecule has 0 saturated heterocycles. The van der Waals surface area contributed by atoms with Crippen molar-refractivity contribution in [2.75, 3.05) is 5.73 Å². The second kappa shape index (κ2) is 3.87. The number of carbonyl (C=O) groups is 1. The molecule has 0 aliphatic carbocycles. The Bertz CT molecular complexity index is 306. The number of nitrogen functional groups attached to an aromatic ring is 1. The van der Waals surface area contributed by atoms with E-state index in [-0.39, 0.29) is 18.0 Å². The molecule has 1 aromatic rings. The number of carboxylic acids is 1. The zero-order valence-corrected chi connectivity index (χ0v) is 6.64. The number of hydrogen-bond donors (Lipinski definition) is 2. The molecule has 12 heavy (non-hydrogen) atoms. The van der Waals surface area contributed by atoms with E-state index in [0.29, 0.717) is 0 Å². The molecule has 0 unspecified atom stereocenters. The predicted octanol–water partition coefficient (Wildman–Crippen LogP) is 0.923. The van der Waals surface area contributed by atoms with Gasteiger partial charge in [0.15, 0.2) is 0 Å². The highest BCUT2D eigenvalue weighted by molar-refractivity contribution is 5.93. The fourth-order valence-corrected chi connectivity index (χ4v) is 0.634. The van der Waals surface area contributed by atoms with Crippen molar-refractivity contribution >= 4 is 24.1 Å². The minimum absolute atomic E-state index is 0. The number of carboxylic acid groups (broad SMARTS) is 1. The molecule has 66 valence electrons. The van der Waals surface area contributed by atoms with Crippen LogP contribution in [0.3, 0.4) is 0 Å². The van der Waals surface area contributed by atoms with Crippen LogP contribution >= 0.6 is 12.4 Å². The van der Waals surface area contributed by atoms with Gasteiger partial charge in [-0.1, -0.05) is 0 Å². The van der Waals surface area contributed by atoms with Gasteiger partial charge in [0.2, 0.25) is 5.95 Å². The van der Waals surface area contributed by atoms with Crippen LogP contribution in [0.15, 0.2) is 12.3 Å². The van der Waals surface area contributed by atoms with Gasteiger partial charge in [-0.05, 0) is 6.07 Å². The van der Waals surface area contributed by atoms with E-state index in [2.05, 4.69) is 4.98 Å². The normalized spacial score (nSPS) is 8.75. The van der Waals surface area contributed by atoms with Gasteiger partial charge in [0, 0.05) is 6.20 Å². The summed E-state index contributed by atoms with van der Waals surface area (Å²) in [6.07, 6.45) is 1.05. The smallest absolute Gasteiger partial charge is 0.338 e. The van der Waals surface area contributed by atoms with Crippen LogP contribution < -0.4 is 5.73 Å². The first-order valence-electron chi connectivity index (χ1n) is 2.76. The largest absolute Gasteiger partial charge is 0.478 e. The zero-order valence-electron chi connectivity index (χ0n) is 5.82. The maximum absolute atomic E-state index is 12.4. The Balaban J connectivity index is 0.00000121. The minimum Gasteiger partial charge on any atom is -0.478 e. The summed E-state index contributed by atoms with van der Waals surface area (Å²) in [5, 5.41) is 8.42. The summed E-state index contributed by atoms with van der Waals surface area (Å²) in [7, 11) is 0. The second-order valence-electron chi connectivity index (χ2n) is 1.87. The molecule has 1 rings (SSSR count). The first-order chi connectivity index (χ1) is 5.13. The molecule has 0 bridgehead atoms. The molecule has 0 saturated carbocycles. The van der Waals surface area contributed by atoms with Gasteiger partial charge in [0.25, 0.3) is 0 Å². The summed E-state index contributed by atoms with van der Waals surface area (Å²) < 4.78 is 12.4. The van der Waals surface area contributed by atoms with E-state index in [0.717, 1.165) is 12.3 Å². The SMILES string of the molecule is Cl.Nc1c(C(=O)O)ccnc1F. The van der Waals surface area contributed by atoms with Crippen LogP contribution in [0.2, 0.25) is 0 Å². The number of aromatic nitrogens is 1. The predicted molar refractivity (Wildman–Crippen MR) is 42.8 cm³/mol. The molecule has 0 aliphatic rings. The van der Waals surface area contributed by atoms with Crippen LogP contribution in [-0.2, 0) is 0 Å². The number of halogens is 2. The summed E-state index contributed by atoms with van der Waals surface area (Å²) in [6.45, 7) is 0. The molecular weight excluding hydrogens is 187 g/mol. The molecule has 3 N–H and O–H groups in total. The Morgan fingerprint density at radius 2 is 2.25 bits per heavy atom. The number of hydrogen-bond acceptors (Lipinski definition) is 3. The number of nitrogens with two attached hydrogens (primary N) is 1. The fourth-order valence-electron chi connectivity index (χ4n) is 0.634. The van der Waals surface area contributed by atoms with Crippen molar-refractivity contribution in [3.63, 3.8) is 0 Å². The number of anilines is 1. The van der Waals surface area contributed by atoms with Gasteiger partial charge >= 0.3 is 5.97 Å². The van der Waals surface area contributed by atoms with Crippen LogP contribution in [0.1, 0.15) is 10.4 Å². The van der Waals surface area contributed by atoms with E-state index in [1.807, 2.05) is 0 Å².